The molecule has 6 heteroatoms. The fourth-order valence-corrected chi connectivity index (χ4v) is 3.52. The zero-order valence-corrected chi connectivity index (χ0v) is 17.0. The number of aromatic amines is 1. The number of phenolic OH excluding ortho intramolecular Hbond substituents is 1. The molecule has 6 nitrogen and oxygen atoms in total. The molecule has 1 unspecified atom stereocenters. The van der Waals surface area contributed by atoms with Crippen molar-refractivity contribution in [1.82, 2.24) is 14.9 Å². The Labute approximate surface area is 175 Å². The number of aromatic hydroxyl groups is 1. The number of fused-ring (bicyclic) bond motifs is 1. The van der Waals surface area contributed by atoms with Crippen molar-refractivity contribution >= 4 is 16.9 Å². The van der Waals surface area contributed by atoms with Crippen molar-refractivity contribution in [3.8, 4) is 28.0 Å². The summed E-state index contributed by atoms with van der Waals surface area (Å²) in [5.74, 6) is 0.220. The molecule has 0 bridgehead atoms. The van der Waals surface area contributed by atoms with E-state index >= 15 is 0 Å². The van der Waals surface area contributed by atoms with Gasteiger partial charge in [0.05, 0.1) is 0 Å². The third-order valence-corrected chi connectivity index (χ3v) is 5.27. The Morgan fingerprint density at radius 2 is 1.90 bits per heavy atom. The van der Waals surface area contributed by atoms with E-state index in [-0.39, 0.29) is 24.1 Å². The van der Waals surface area contributed by atoms with E-state index in [2.05, 4.69) is 16.0 Å². The molecule has 152 valence electrons. The zero-order chi connectivity index (χ0) is 21.3. The second-order valence-corrected chi connectivity index (χ2v) is 7.56. The van der Waals surface area contributed by atoms with Gasteiger partial charge in [0, 0.05) is 61.0 Å². The normalized spacial score (nSPS) is 12.1. The van der Waals surface area contributed by atoms with Gasteiger partial charge in [-0.2, -0.15) is 0 Å². The second kappa shape index (κ2) is 8.00. The predicted molar refractivity (Wildman–Crippen MR) is 119 cm³/mol. The molecule has 2 heterocycles. The average Bonchev–Trinajstić information content (AvgIpc) is 3.17. The van der Waals surface area contributed by atoms with Crippen LogP contribution in [0.5, 0.6) is 5.75 Å². The lowest BCUT2D eigenvalue weighted by Crippen LogP contribution is -2.26. The summed E-state index contributed by atoms with van der Waals surface area (Å²) in [4.78, 5) is 21.3. The summed E-state index contributed by atoms with van der Waals surface area (Å²) in [6.07, 6.45) is 3.92. The molecule has 2 aromatic heterocycles. The molecule has 4 N–H and O–H groups in total. The van der Waals surface area contributed by atoms with E-state index in [9.17, 15) is 9.90 Å². The number of nitrogens with zero attached hydrogens (tertiary/aromatic N) is 2. The molecule has 0 aliphatic carbocycles. The maximum Gasteiger partial charge on any atom is 0.223 e. The molecule has 0 aliphatic rings. The number of carbonyl (C=O) groups excluding carboxylic acids is 1. The van der Waals surface area contributed by atoms with Gasteiger partial charge in [-0.25, -0.2) is 4.98 Å². The fraction of sp³-hybridized carbons (Fsp3) is 0.167. The number of amides is 1. The summed E-state index contributed by atoms with van der Waals surface area (Å²) in [6.45, 7) is 0. The Bertz CT molecular complexity index is 1210. The number of nitrogens with two attached hydrogens (primary N) is 1. The van der Waals surface area contributed by atoms with Gasteiger partial charge in [0.1, 0.15) is 11.4 Å². The maximum atomic E-state index is 12.0. The number of rotatable bonds is 5. The lowest BCUT2D eigenvalue weighted by molar-refractivity contribution is -0.129. The first-order valence-corrected chi connectivity index (χ1v) is 9.75. The summed E-state index contributed by atoms with van der Waals surface area (Å²) in [5.41, 5.74) is 11.5. The molecular formula is C24H24N4O2. The lowest BCUT2D eigenvalue weighted by Gasteiger charge is -2.16. The predicted octanol–water partition coefficient (Wildman–Crippen LogP) is 4.08. The minimum absolute atomic E-state index is 0.00405. The van der Waals surface area contributed by atoms with Crippen molar-refractivity contribution in [3.63, 3.8) is 0 Å². The van der Waals surface area contributed by atoms with Crippen LogP contribution in [0.15, 0.2) is 67.0 Å². The molecule has 0 saturated heterocycles. The Morgan fingerprint density at radius 3 is 2.67 bits per heavy atom. The van der Waals surface area contributed by atoms with Gasteiger partial charge in [-0.05, 0) is 29.3 Å². The summed E-state index contributed by atoms with van der Waals surface area (Å²) >= 11 is 0. The standard InChI is InChI=1S/C24H24N4O2/c1-28(2)23(30)12-21(25)16-7-5-6-15(10-16)17-11-19-20(14-27-24(19)26-13-17)18-8-3-4-9-22(18)29/h3-11,13-14,21,29H,12,25H2,1-2H3,(H,26,27). The van der Waals surface area contributed by atoms with Crippen LogP contribution in [0.25, 0.3) is 33.3 Å². The third kappa shape index (κ3) is 3.77. The van der Waals surface area contributed by atoms with E-state index in [0.29, 0.717) is 0 Å². The highest BCUT2D eigenvalue weighted by Gasteiger charge is 2.15. The summed E-state index contributed by atoms with van der Waals surface area (Å²) in [6, 6.07) is 16.8. The van der Waals surface area contributed by atoms with Crippen LogP contribution in [0.4, 0.5) is 0 Å². The van der Waals surface area contributed by atoms with Gasteiger partial charge in [0.15, 0.2) is 0 Å². The first kappa shape index (κ1) is 19.7. The first-order chi connectivity index (χ1) is 14.4. The quantitative estimate of drug-likeness (QED) is 0.470. The number of nitrogens with one attached hydrogen (secondary N) is 1. The highest BCUT2D eigenvalue weighted by atomic mass is 16.3. The highest BCUT2D eigenvalue weighted by Crippen LogP contribution is 2.35. The number of aromatic nitrogens is 2. The van der Waals surface area contributed by atoms with Crippen molar-refractivity contribution < 1.29 is 9.90 Å². The molecule has 0 aliphatic heterocycles. The molecule has 0 fully saturated rings. The van der Waals surface area contributed by atoms with Gasteiger partial charge in [0.2, 0.25) is 5.91 Å². The Balaban J connectivity index is 1.71. The van der Waals surface area contributed by atoms with Gasteiger partial charge >= 0.3 is 0 Å². The van der Waals surface area contributed by atoms with Crippen LogP contribution in [0.2, 0.25) is 0 Å². The second-order valence-electron chi connectivity index (χ2n) is 7.56. The molecule has 4 rings (SSSR count). The Kier molecular flexibility index (Phi) is 5.25. The van der Waals surface area contributed by atoms with Crippen LogP contribution in [-0.4, -0.2) is 40.0 Å². The molecular weight excluding hydrogens is 376 g/mol. The Hall–Kier alpha value is -3.64. The van der Waals surface area contributed by atoms with Crippen LogP contribution in [0, 0.1) is 0 Å². The van der Waals surface area contributed by atoms with Gasteiger partial charge in [-0.15, -0.1) is 0 Å². The van der Waals surface area contributed by atoms with E-state index in [1.165, 1.54) is 0 Å². The minimum Gasteiger partial charge on any atom is -0.507 e. The van der Waals surface area contributed by atoms with Crippen molar-refractivity contribution in [3.05, 3.63) is 72.6 Å². The molecule has 30 heavy (non-hydrogen) atoms. The maximum absolute atomic E-state index is 12.0. The lowest BCUT2D eigenvalue weighted by atomic mass is 9.97. The van der Waals surface area contributed by atoms with E-state index in [1.807, 2.05) is 48.8 Å². The van der Waals surface area contributed by atoms with Crippen LogP contribution >= 0.6 is 0 Å². The van der Waals surface area contributed by atoms with Crippen LogP contribution in [-0.2, 0) is 4.79 Å². The zero-order valence-electron chi connectivity index (χ0n) is 17.0. The number of H-pyrrole nitrogens is 1. The van der Waals surface area contributed by atoms with Crippen molar-refractivity contribution in [2.24, 2.45) is 5.73 Å². The van der Waals surface area contributed by atoms with Gasteiger partial charge < -0.3 is 20.7 Å². The van der Waals surface area contributed by atoms with Gasteiger partial charge in [0.25, 0.3) is 0 Å². The molecule has 2 aromatic carbocycles. The molecule has 0 radical (unpaired) electrons. The van der Waals surface area contributed by atoms with Gasteiger partial charge in [-0.1, -0.05) is 36.4 Å². The number of benzene rings is 2. The monoisotopic (exact) mass is 400 g/mol. The summed E-state index contributed by atoms with van der Waals surface area (Å²) in [7, 11) is 3.46. The first-order valence-electron chi connectivity index (χ1n) is 9.75. The molecule has 4 aromatic rings. The van der Waals surface area contributed by atoms with Crippen LogP contribution < -0.4 is 5.73 Å². The molecule has 1 atom stereocenters. The SMILES string of the molecule is CN(C)C(=O)CC(N)c1cccc(-c2cnc3[nH]cc(-c4ccccc4O)c3c2)c1. The van der Waals surface area contributed by atoms with Crippen LogP contribution in [0.3, 0.4) is 0 Å². The minimum atomic E-state index is -0.374. The summed E-state index contributed by atoms with van der Waals surface area (Å²) in [5, 5.41) is 11.2. The van der Waals surface area contributed by atoms with Crippen molar-refractivity contribution in [2.75, 3.05) is 14.1 Å². The number of para-hydroxylation sites is 1. The fourth-order valence-electron chi connectivity index (χ4n) is 3.52. The van der Waals surface area contributed by atoms with Crippen LogP contribution in [0.1, 0.15) is 18.0 Å². The average molecular weight is 400 g/mol. The molecule has 0 spiro atoms. The number of carbonyl (C=O) groups is 1. The molecule has 0 saturated carbocycles. The third-order valence-electron chi connectivity index (χ3n) is 5.27. The molecule has 1 amide bonds. The van der Waals surface area contributed by atoms with E-state index < -0.39 is 0 Å². The van der Waals surface area contributed by atoms with E-state index in [1.54, 1.807) is 31.1 Å². The number of pyridine rings is 1. The van der Waals surface area contributed by atoms with Crippen molar-refractivity contribution in [2.45, 2.75) is 12.5 Å². The number of phenols is 1. The summed E-state index contributed by atoms with van der Waals surface area (Å²) < 4.78 is 0. The Morgan fingerprint density at radius 1 is 1.10 bits per heavy atom. The smallest absolute Gasteiger partial charge is 0.223 e. The number of hydrogen-bond donors (Lipinski definition) is 3. The highest BCUT2D eigenvalue weighted by molar-refractivity contribution is 5.97. The van der Waals surface area contributed by atoms with E-state index in [4.69, 9.17) is 5.73 Å². The van der Waals surface area contributed by atoms with Crippen molar-refractivity contribution in [1.29, 1.82) is 0 Å². The number of hydrogen-bond acceptors (Lipinski definition) is 4. The topological polar surface area (TPSA) is 95.2 Å². The largest absolute Gasteiger partial charge is 0.507 e. The van der Waals surface area contributed by atoms with Gasteiger partial charge in [-0.3, -0.25) is 4.79 Å². The van der Waals surface area contributed by atoms with E-state index in [0.717, 1.165) is 38.9 Å².